The second kappa shape index (κ2) is 11.0. The van der Waals surface area contributed by atoms with E-state index in [9.17, 15) is 14.4 Å². The Morgan fingerprint density at radius 1 is 0.581 bits per heavy atom. The van der Waals surface area contributed by atoms with Crippen molar-refractivity contribution in [1.29, 1.82) is 0 Å². The molecule has 0 bridgehead atoms. The van der Waals surface area contributed by atoms with Crippen LogP contribution in [0.3, 0.4) is 0 Å². The second-order valence-electron chi connectivity index (χ2n) is 6.60. The van der Waals surface area contributed by atoms with Gasteiger partial charge in [-0.3, -0.25) is 4.79 Å². The van der Waals surface area contributed by atoms with Gasteiger partial charge in [0.2, 0.25) is 5.91 Å². The number of benzene rings is 3. The van der Waals surface area contributed by atoms with Crippen LogP contribution in [0.5, 0.6) is 0 Å². The summed E-state index contributed by atoms with van der Waals surface area (Å²) in [7, 11) is 0. The summed E-state index contributed by atoms with van der Waals surface area (Å²) in [5, 5.41) is 13.3. The monoisotopic (exact) mass is 417 g/mol. The third-order valence-electron chi connectivity index (χ3n) is 4.14. The van der Waals surface area contributed by atoms with Crippen molar-refractivity contribution in [1.82, 2.24) is 10.6 Å². The van der Waals surface area contributed by atoms with Gasteiger partial charge >= 0.3 is 12.1 Å². The number of nitrogens with one attached hydrogen (secondary N) is 5. The van der Waals surface area contributed by atoms with Gasteiger partial charge in [0.25, 0.3) is 0 Å². The zero-order valence-corrected chi connectivity index (χ0v) is 16.7. The molecule has 0 heterocycles. The molecular formula is C23H23N5O3. The predicted octanol–water partition coefficient (Wildman–Crippen LogP) is 3.77. The van der Waals surface area contributed by atoms with Gasteiger partial charge in [-0.25, -0.2) is 9.59 Å². The van der Waals surface area contributed by atoms with Crippen LogP contribution in [0.15, 0.2) is 84.9 Å². The van der Waals surface area contributed by atoms with Gasteiger partial charge in [-0.1, -0.05) is 54.6 Å². The Bertz CT molecular complexity index is 1030. The average Bonchev–Trinajstić information content (AvgIpc) is 2.78. The Morgan fingerprint density at radius 2 is 1.16 bits per heavy atom. The maximum absolute atomic E-state index is 12.1. The van der Waals surface area contributed by atoms with Crippen molar-refractivity contribution in [3.8, 4) is 0 Å². The van der Waals surface area contributed by atoms with Crippen LogP contribution in [0.25, 0.3) is 0 Å². The lowest BCUT2D eigenvalue weighted by atomic mass is 10.2. The number of hydrogen-bond acceptors (Lipinski definition) is 3. The van der Waals surface area contributed by atoms with Crippen LogP contribution in [0.2, 0.25) is 0 Å². The van der Waals surface area contributed by atoms with Crippen LogP contribution >= 0.6 is 0 Å². The standard InChI is InChI=1S/C23H23N5O3/c29-21(16-25-22(30)24-15-17-8-3-1-4-9-17)26-19-12-7-13-20(14-19)28-23(31)27-18-10-5-2-6-11-18/h1-14H,15-16H2,(H,26,29)(H2,24,25,30)(H2,27,28,31). The summed E-state index contributed by atoms with van der Waals surface area (Å²) in [4.78, 5) is 36.0. The summed E-state index contributed by atoms with van der Waals surface area (Å²) >= 11 is 0. The molecule has 3 aromatic rings. The Kier molecular flexibility index (Phi) is 7.59. The van der Waals surface area contributed by atoms with Crippen LogP contribution < -0.4 is 26.6 Å². The largest absolute Gasteiger partial charge is 0.334 e. The van der Waals surface area contributed by atoms with E-state index in [1.807, 2.05) is 48.5 Å². The summed E-state index contributed by atoms with van der Waals surface area (Å²) in [6.45, 7) is 0.180. The smallest absolute Gasteiger partial charge is 0.323 e. The molecule has 0 radical (unpaired) electrons. The molecule has 8 nitrogen and oxygen atoms in total. The fourth-order valence-corrected chi connectivity index (χ4v) is 2.70. The number of anilines is 3. The van der Waals surface area contributed by atoms with E-state index in [0.29, 0.717) is 23.6 Å². The lowest BCUT2D eigenvalue weighted by Gasteiger charge is -2.11. The molecule has 0 atom stereocenters. The van der Waals surface area contributed by atoms with Crippen molar-refractivity contribution in [3.05, 3.63) is 90.5 Å². The third kappa shape index (κ3) is 7.54. The molecule has 0 spiro atoms. The van der Waals surface area contributed by atoms with E-state index in [-0.39, 0.29) is 12.5 Å². The molecule has 0 saturated heterocycles. The Balaban J connectivity index is 1.42. The first kappa shape index (κ1) is 21.4. The molecule has 8 heteroatoms. The van der Waals surface area contributed by atoms with Crippen molar-refractivity contribution in [2.24, 2.45) is 0 Å². The minimum absolute atomic E-state index is 0.188. The number of carbonyl (C=O) groups excluding carboxylic acids is 3. The Hall–Kier alpha value is -4.33. The van der Waals surface area contributed by atoms with Gasteiger partial charge < -0.3 is 26.6 Å². The Labute approximate surface area is 180 Å². The molecule has 0 aromatic heterocycles. The number of amides is 5. The number of urea groups is 2. The van der Waals surface area contributed by atoms with Crippen molar-refractivity contribution < 1.29 is 14.4 Å². The zero-order chi connectivity index (χ0) is 21.9. The molecule has 0 aliphatic carbocycles. The summed E-state index contributed by atoms with van der Waals surface area (Å²) in [6, 6.07) is 24.4. The quantitative estimate of drug-likeness (QED) is 0.403. The zero-order valence-electron chi connectivity index (χ0n) is 16.7. The van der Waals surface area contributed by atoms with Gasteiger partial charge in [0, 0.05) is 23.6 Å². The van der Waals surface area contributed by atoms with Gasteiger partial charge in [0.15, 0.2) is 0 Å². The van der Waals surface area contributed by atoms with Crippen LogP contribution in [-0.2, 0) is 11.3 Å². The van der Waals surface area contributed by atoms with Gasteiger partial charge in [-0.05, 0) is 35.9 Å². The molecule has 5 amide bonds. The molecule has 3 rings (SSSR count). The number of hydrogen-bond donors (Lipinski definition) is 5. The summed E-state index contributed by atoms with van der Waals surface area (Å²) < 4.78 is 0. The number of para-hydroxylation sites is 1. The van der Waals surface area contributed by atoms with Crippen LogP contribution in [-0.4, -0.2) is 24.5 Å². The number of carbonyl (C=O) groups is 3. The summed E-state index contributed by atoms with van der Waals surface area (Å²) in [6.07, 6.45) is 0. The topological polar surface area (TPSA) is 111 Å². The van der Waals surface area contributed by atoms with E-state index in [1.165, 1.54) is 0 Å². The van der Waals surface area contributed by atoms with Gasteiger partial charge in [-0.2, -0.15) is 0 Å². The highest BCUT2D eigenvalue weighted by atomic mass is 16.2. The molecule has 0 saturated carbocycles. The molecule has 0 aliphatic heterocycles. The van der Waals surface area contributed by atoms with Crippen molar-refractivity contribution in [2.45, 2.75) is 6.54 Å². The highest BCUT2D eigenvalue weighted by Gasteiger charge is 2.07. The van der Waals surface area contributed by atoms with E-state index in [1.54, 1.807) is 36.4 Å². The van der Waals surface area contributed by atoms with E-state index in [2.05, 4.69) is 26.6 Å². The maximum atomic E-state index is 12.1. The normalized spacial score (nSPS) is 9.94. The van der Waals surface area contributed by atoms with E-state index >= 15 is 0 Å². The lowest BCUT2D eigenvalue weighted by molar-refractivity contribution is -0.115. The van der Waals surface area contributed by atoms with E-state index in [0.717, 1.165) is 5.56 Å². The van der Waals surface area contributed by atoms with Crippen molar-refractivity contribution in [2.75, 3.05) is 22.5 Å². The molecule has 5 N–H and O–H groups in total. The second-order valence-corrected chi connectivity index (χ2v) is 6.60. The predicted molar refractivity (Wildman–Crippen MR) is 121 cm³/mol. The lowest BCUT2D eigenvalue weighted by Crippen LogP contribution is -2.39. The van der Waals surface area contributed by atoms with E-state index in [4.69, 9.17) is 0 Å². The van der Waals surface area contributed by atoms with Crippen LogP contribution in [0.1, 0.15) is 5.56 Å². The molecule has 31 heavy (non-hydrogen) atoms. The van der Waals surface area contributed by atoms with Gasteiger partial charge in [0.1, 0.15) is 0 Å². The molecule has 3 aromatic carbocycles. The van der Waals surface area contributed by atoms with Crippen molar-refractivity contribution >= 4 is 35.0 Å². The molecule has 158 valence electrons. The molecule has 0 aliphatic rings. The maximum Gasteiger partial charge on any atom is 0.323 e. The highest BCUT2D eigenvalue weighted by Crippen LogP contribution is 2.15. The fraction of sp³-hybridized carbons (Fsp3) is 0.0870. The highest BCUT2D eigenvalue weighted by molar-refractivity contribution is 6.00. The summed E-state index contributed by atoms with van der Waals surface area (Å²) in [5.41, 5.74) is 2.64. The minimum atomic E-state index is -0.438. The van der Waals surface area contributed by atoms with Gasteiger partial charge in [0.05, 0.1) is 6.54 Å². The number of rotatable bonds is 7. The molecule has 0 unspecified atom stereocenters. The van der Waals surface area contributed by atoms with Gasteiger partial charge in [-0.15, -0.1) is 0 Å². The van der Waals surface area contributed by atoms with Crippen molar-refractivity contribution in [3.63, 3.8) is 0 Å². The molecule has 0 fully saturated rings. The molecular weight excluding hydrogens is 394 g/mol. The first-order valence-corrected chi connectivity index (χ1v) is 9.67. The average molecular weight is 417 g/mol. The minimum Gasteiger partial charge on any atom is -0.334 e. The SMILES string of the molecule is O=C(CNC(=O)NCc1ccccc1)Nc1cccc(NC(=O)Nc2ccccc2)c1. The first-order valence-electron chi connectivity index (χ1n) is 9.67. The fourth-order valence-electron chi connectivity index (χ4n) is 2.70. The summed E-state index contributed by atoms with van der Waals surface area (Å²) in [5.74, 6) is -0.388. The van der Waals surface area contributed by atoms with Crippen LogP contribution in [0, 0.1) is 0 Å². The van der Waals surface area contributed by atoms with Crippen LogP contribution in [0.4, 0.5) is 26.7 Å². The first-order chi connectivity index (χ1) is 15.1. The third-order valence-corrected chi connectivity index (χ3v) is 4.14. The van der Waals surface area contributed by atoms with E-state index < -0.39 is 12.1 Å². The Morgan fingerprint density at radius 3 is 1.87 bits per heavy atom.